The number of nitrogens with one attached hydrogen (secondary N) is 1. The van der Waals surface area contributed by atoms with Gasteiger partial charge in [-0.2, -0.15) is 0 Å². The Hall–Kier alpha value is -2.56. The van der Waals surface area contributed by atoms with Gasteiger partial charge in [0.2, 0.25) is 0 Å². The van der Waals surface area contributed by atoms with Gasteiger partial charge in [-0.05, 0) is 38.1 Å². The Bertz CT molecular complexity index is 786. The molecule has 0 bridgehead atoms. The summed E-state index contributed by atoms with van der Waals surface area (Å²) >= 11 is 0. The highest BCUT2D eigenvalue weighted by molar-refractivity contribution is 6.06. The fourth-order valence-electron chi connectivity index (χ4n) is 2.39. The molecule has 3 rings (SSSR count). The first kappa shape index (κ1) is 13.4. The van der Waals surface area contributed by atoms with Crippen LogP contribution in [0.5, 0.6) is 0 Å². The van der Waals surface area contributed by atoms with Crippen LogP contribution in [0, 0.1) is 6.92 Å². The summed E-state index contributed by atoms with van der Waals surface area (Å²) in [6, 6.07) is 7.51. The predicted octanol–water partition coefficient (Wildman–Crippen LogP) is 2.89. The molecule has 0 radical (unpaired) electrons. The van der Waals surface area contributed by atoms with E-state index in [0.717, 1.165) is 29.1 Å². The molecule has 5 nitrogen and oxygen atoms in total. The summed E-state index contributed by atoms with van der Waals surface area (Å²) in [5, 5.41) is 3.75. The lowest BCUT2D eigenvalue weighted by molar-refractivity contribution is 0.0949. The zero-order valence-electron chi connectivity index (χ0n) is 12.1. The van der Waals surface area contributed by atoms with Crippen LogP contribution in [-0.2, 0) is 13.1 Å². The van der Waals surface area contributed by atoms with Crippen molar-refractivity contribution in [2.24, 2.45) is 0 Å². The van der Waals surface area contributed by atoms with Crippen molar-refractivity contribution in [2.45, 2.75) is 26.9 Å². The molecule has 0 aromatic carbocycles. The number of hydrogen-bond acceptors (Lipinski definition) is 3. The Morgan fingerprint density at radius 2 is 2.24 bits per heavy atom. The fraction of sp³-hybridized carbons (Fsp3) is 0.250. The van der Waals surface area contributed by atoms with Crippen molar-refractivity contribution in [3.05, 3.63) is 53.7 Å². The summed E-state index contributed by atoms with van der Waals surface area (Å²) in [7, 11) is 0. The van der Waals surface area contributed by atoms with Crippen molar-refractivity contribution < 1.29 is 9.21 Å². The first-order valence-electron chi connectivity index (χ1n) is 6.96. The Morgan fingerprint density at radius 1 is 1.38 bits per heavy atom. The van der Waals surface area contributed by atoms with E-state index in [4.69, 9.17) is 4.42 Å². The number of pyridine rings is 1. The van der Waals surface area contributed by atoms with Gasteiger partial charge >= 0.3 is 0 Å². The molecule has 0 fully saturated rings. The van der Waals surface area contributed by atoms with Crippen molar-refractivity contribution >= 4 is 16.9 Å². The third kappa shape index (κ3) is 2.54. The lowest BCUT2D eigenvalue weighted by Crippen LogP contribution is -2.22. The number of hydrogen-bond donors (Lipinski definition) is 1. The molecule has 5 heteroatoms. The van der Waals surface area contributed by atoms with Crippen molar-refractivity contribution in [2.75, 3.05) is 0 Å². The van der Waals surface area contributed by atoms with Crippen LogP contribution >= 0.6 is 0 Å². The van der Waals surface area contributed by atoms with E-state index < -0.39 is 0 Å². The van der Waals surface area contributed by atoms with Crippen LogP contribution in [0.2, 0.25) is 0 Å². The molecule has 0 unspecified atom stereocenters. The van der Waals surface area contributed by atoms with Crippen molar-refractivity contribution in [1.82, 2.24) is 14.9 Å². The molecule has 0 atom stereocenters. The Morgan fingerprint density at radius 3 is 2.95 bits per heavy atom. The molecule has 1 amide bonds. The normalized spacial score (nSPS) is 11.0. The number of carbonyl (C=O) groups excluding carboxylic acids is 1. The van der Waals surface area contributed by atoms with Crippen LogP contribution < -0.4 is 5.32 Å². The summed E-state index contributed by atoms with van der Waals surface area (Å²) < 4.78 is 7.42. The topological polar surface area (TPSA) is 60.1 Å². The average molecular weight is 283 g/mol. The smallest absolute Gasteiger partial charge is 0.253 e. The third-order valence-corrected chi connectivity index (χ3v) is 3.44. The number of furan rings is 1. The van der Waals surface area contributed by atoms with Gasteiger partial charge in [-0.25, -0.2) is 4.98 Å². The second kappa shape index (κ2) is 5.44. The van der Waals surface area contributed by atoms with Gasteiger partial charge in [-0.3, -0.25) is 4.79 Å². The van der Waals surface area contributed by atoms with E-state index in [0.29, 0.717) is 12.1 Å². The van der Waals surface area contributed by atoms with Crippen LogP contribution in [-0.4, -0.2) is 15.5 Å². The molecule has 3 aromatic heterocycles. The van der Waals surface area contributed by atoms with E-state index >= 15 is 0 Å². The maximum Gasteiger partial charge on any atom is 0.253 e. The van der Waals surface area contributed by atoms with Crippen LogP contribution in [0.4, 0.5) is 0 Å². The van der Waals surface area contributed by atoms with Gasteiger partial charge in [0.25, 0.3) is 5.91 Å². The number of aromatic nitrogens is 2. The molecule has 3 aromatic rings. The zero-order chi connectivity index (χ0) is 14.8. The van der Waals surface area contributed by atoms with Gasteiger partial charge in [-0.1, -0.05) is 0 Å². The van der Waals surface area contributed by atoms with E-state index in [2.05, 4.69) is 10.3 Å². The molecule has 0 saturated heterocycles. The lowest BCUT2D eigenvalue weighted by atomic mass is 10.2. The first-order chi connectivity index (χ1) is 10.2. The zero-order valence-corrected chi connectivity index (χ0v) is 12.1. The summed E-state index contributed by atoms with van der Waals surface area (Å²) in [6.45, 7) is 5.07. The van der Waals surface area contributed by atoms with E-state index in [-0.39, 0.29) is 5.91 Å². The molecule has 0 aliphatic rings. The highest BCUT2D eigenvalue weighted by Crippen LogP contribution is 2.19. The molecule has 21 heavy (non-hydrogen) atoms. The van der Waals surface area contributed by atoms with Crippen molar-refractivity contribution in [1.29, 1.82) is 0 Å². The first-order valence-corrected chi connectivity index (χ1v) is 6.96. The quantitative estimate of drug-likeness (QED) is 0.801. The molecule has 0 spiro atoms. The van der Waals surface area contributed by atoms with E-state index in [1.807, 2.05) is 48.9 Å². The molecule has 0 aliphatic heterocycles. The maximum atomic E-state index is 12.4. The minimum absolute atomic E-state index is 0.116. The van der Waals surface area contributed by atoms with E-state index in [1.54, 1.807) is 6.20 Å². The molecule has 108 valence electrons. The number of fused-ring (bicyclic) bond motifs is 1. The summed E-state index contributed by atoms with van der Waals surface area (Å²) in [5.74, 6) is 1.47. The van der Waals surface area contributed by atoms with Gasteiger partial charge in [0.1, 0.15) is 17.2 Å². The van der Waals surface area contributed by atoms with E-state index in [1.165, 1.54) is 0 Å². The van der Waals surface area contributed by atoms with Gasteiger partial charge in [0, 0.05) is 24.3 Å². The number of rotatable bonds is 4. The number of nitrogens with zero attached hydrogens (tertiary/aromatic N) is 2. The minimum atomic E-state index is -0.116. The van der Waals surface area contributed by atoms with Gasteiger partial charge in [-0.15, -0.1) is 0 Å². The molecular formula is C16H17N3O2. The molecule has 3 heterocycles. The fourth-order valence-corrected chi connectivity index (χ4v) is 2.39. The molecule has 1 N–H and O–H groups in total. The summed E-state index contributed by atoms with van der Waals surface area (Å²) in [5.41, 5.74) is 1.47. The standard InChI is InChI=1S/C16H17N3O2/c1-3-19-10-14(13-5-4-8-17-15(13)19)16(20)18-9-12-7-6-11(2)21-12/h4-8,10H,3,9H2,1-2H3,(H,18,20). The highest BCUT2D eigenvalue weighted by Gasteiger charge is 2.15. The van der Waals surface area contributed by atoms with E-state index in [9.17, 15) is 4.79 Å². The van der Waals surface area contributed by atoms with Crippen molar-refractivity contribution in [3.63, 3.8) is 0 Å². The number of carbonyl (C=O) groups is 1. The molecular weight excluding hydrogens is 266 g/mol. The summed E-state index contributed by atoms with van der Waals surface area (Å²) in [4.78, 5) is 16.7. The third-order valence-electron chi connectivity index (χ3n) is 3.44. The monoisotopic (exact) mass is 283 g/mol. The summed E-state index contributed by atoms with van der Waals surface area (Å²) in [6.07, 6.45) is 3.59. The van der Waals surface area contributed by atoms with Crippen molar-refractivity contribution in [3.8, 4) is 0 Å². The number of amides is 1. The SMILES string of the molecule is CCn1cc(C(=O)NCc2ccc(C)o2)c2cccnc21. The molecule has 0 aliphatic carbocycles. The van der Waals surface area contributed by atoms with Gasteiger partial charge in [0.15, 0.2) is 0 Å². The Labute approximate surface area is 122 Å². The van der Waals surface area contributed by atoms with Crippen LogP contribution in [0.25, 0.3) is 11.0 Å². The van der Waals surface area contributed by atoms with Gasteiger partial charge in [0.05, 0.1) is 12.1 Å². The second-order valence-electron chi connectivity index (χ2n) is 4.90. The maximum absolute atomic E-state index is 12.4. The van der Waals surface area contributed by atoms with Crippen LogP contribution in [0.1, 0.15) is 28.8 Å². The minimum Gasteiger partial charge on any atom is -0.465 e. The highest BCUT2D eigenvalue weighted by atomic mass is 16.3. The Kier molecular flexibility index (Phi) is 3.48. The largest absolute Gasteiger partial charge is 0.465 e. The number of aryl methyl sites for hydroxylation is 2. The van der Waals surface area contributed by atoms with Crippen LogP contribution in [0.15, 0.2) is 41.1 Å². The predicted molar refractivity (Wildman–Crippen MR) is 80.0 cm³/mol. The average Bonchev–Trinajstić information content (AvgIpc) is 3.08. The second-order valence-corrected chi connectivity index (χ2v) is 4.90. The molecule has 0 saturated carbocycles. The van der Waals surface area contributed by atoms with Gasteiger partial charge < -0.3 is 14.3 Å². The lowest BCUT2D eigenvalue weighted by Gasteiger charge is -2.01. The van der Waals surface area contributed by atoms with Crippen LogP contribution in [0.3, 0.4) is 0 Å². The Balaban J connectivity index is 1.84.